The molecule has 7 heteroatoms. The molecule has 1 fully saturated rings. The van der Waals surface area contributed by atoms with Crippen LogP contribution in [0.25, 0.3) is 0 Å². The third kappa shape index (κ3) is 4.03. The van der Waals surface area contributed by atoms with Crippen molar-refractivity contribution in [1.29, 1.82) is 0 Å². The highest BCUT2D eigenvalue weighted by Gasteiger charge is 2.32. The molecule has 0 spiro atoms. The number of likely N-dealkylation sites (tertiary alicyclic amines) is 1. The number of hydrogen-bond donors (Lipinski definition) is 1. The minimum atomic E-state index is -0.680. The molecule has 6 nitrogen and oxygen atoms in total. The first-order valence-corrected chi connectivity index (χ1v) is 9.48. The summed E-state index contributed by atoms with van der Waals surface area (Å²) in [5, 5.41) is 2.99. The Balaban J connectivity index is 1.56. The molecule has 2 aliphatic rings. The Bertz CT molecular complexity index is 739. The van der Waals surface area contributed by atoms with Crippen molar-refractivity contribution in [2.24, 2.45) is 5.92 Å². The first-order chi connectivity index (χ1) is 12.3. The molecule has 1 aromatic rings. The van der Waals surface area contributed by atoms with Crippen molar-refractivity contribution in [2.75, 3.05) is 13.1 Å². The number of amides is 2. The molecule has 0 saturated carbocycles. The summed E-state index contributed by atoms with van der Waals surface area (Å²) in [6, 6.07) is 3.75. The minimum Gasteiger partial charge on any atom is -0.449 e. The zero-order valence-electron chi connectivity index (χ0n) is 15.0. The molecule has 0 aromatic heterocycles. The summed E-state index contributed by atoms with van der Waals surface area (Å²) < 4.78 is 12.3. The standard InChI is InChI=1S/C19H23BrN2O4/c1-4-17(23)22-7-5-12(6-8-22)18(24)21-11-13-9-15-16(10-14(13)20)26-19(2,3)25-15/h4,9-10,12H,1,5-8,11H2,2-3H3,(H,21,24). The van der Waals surface area contributed by atoms with Gasteiger partial charge in [0.15, 0.2) is 11.5 Å². The lowest BCUT2D eigenvalue weighted by Crippen LogP contribution is -2.42. The van der Waals surface area contributed by atoms with E-state index in [1.807, 2.05) is 26.0 Å². The molecule has 0 atom stereocenters. The molecule has 1 aromatic carbocycles. The van der Waals surface area contributed by atoms with Gasteiger partial charge >= 0.3 is 0 Å². The number of nitrogens with zero attached hydrogens (tertiary/aromatic N) is 1. The first-order valence-electron chi connectivity index (χ1n) is 8.68. The highest BCUT2D eigenvalue weighted by molar-refractivity contribution is 9.10. The fourth-order valence-corrected chi connectivity index (χ4v) is 3.70. The average Bonchev–Trinajstić information content (AvgIpc) is 2.91. The first kappa shape index (κ1) is 18.8. The summed E-state index contributed by atoms with van der Waals surface area (Å²) in [7, 11) is 0. The second-order valence-corrected chi connectivity index (χ2v) is 7.87. The van der Waals surface area contributed by atoms with E-state index in [2.05, 4.69) is 27.8 Å². The second-order valence-electron chi connectivity index (χ2n) is 7.02. The monoisotopic (exact) mass is 422 g/mol. The number of carbonyl (C=O) groups excluding carboxylic acids is 2. The van der Waals surface area contributed by atoms with Gasteiger partial charge in [0.25, 0.3) is 0 Å². The number of fused-ring (bicyclic) bond motifs is 1. The zero-order chi connectivity index (χ0) is 18.9. The number of piperidine rings is 1. The van der Waals surface area contributed by atoms with Crippen molar-refractivity contribution in [3.05, 3.63) is 34.8 Å². The van der Waals surface area contributed by atoms with Gasteiger partial charge in [-0.15, -0.1) is 0 Å². The molecule has 0 unspecified atom stereocenters. The molecule has 2 heterocycles. The number of benzene rings is 1. The van der Waals surface area contributed by atoms with E-state index in [0.717, 1.165) is 10.0 Å². The van der Waals surface area contributed by atoms with Crippen LogP contribution in [0.3, 0.4) is 0 Å². The third-order valence-corrected chi connectivity index (χ3v) is 5.37. The molecule has 26 heavy (non-hydrogen) atoms. The van der Waals surface area contributed by atoms with Crippen LogP contribution in [0.2, 0.25) is 0 Å². The van der Waals surface area contributed by atoms with E-state index in [1.165, 1.54) is 6.08 Å². The van der Waals surface area contributed by atoms with Crippen molar-refractivity contribution in [3.8, 4) is 11.5 Å². The van der Waals surface area contributed by atoms with Gasteiger partial charge in [0.1, 0.15) is 0 Å². The SMILES string of the molecule is C=CC(=O)N1CCC(C(=O)NCc2cc3c(cc2Br)OC(C)(C)O3)CC1. The quantitative estimate of drug-likeness (QED) is 0.757. The van der Waals surface area contributed by atoms with Crippen molar-refractivity contribution >= 4 is 27.7 Å². The molecular weight excluding hydrogens is 400 g/mol. The van der Waals surface area contributed by atoms with Crippen LogP contribution in [0.1, 0.15) is 32.3 Å². The number of halogens is 1. The predicted octanol–water partition coefficient (Wildman–Crippen LogP) is 3.00. The van der Waals surface area contributed by atoms with Gasteiger partial charge < -0.3 is 19.7 Å². The molecule has 0 bridgehead atoms. The van der Waals surface area contributed by atoms with Crippen molar-refractivity contribution in [2.45, 2.75) is 39.0 Å². The smallest absolute Gasteiger partial charge is 0.246 e. The summed E-state index contributed by atoms with van der Waals surface area (Å²) in [6.45, 7) is 8.79. The Labute approximate surface area is 161 Å². The molecule has 2 amide bonds. The van der Waals surface area contributed by atoms with Gasteiger partial charge in [0.05, 0.1) is 0 Å². The molecule has 1 N–H and O–H groups in total. The van der Waals surface area contributed by atoms with Gasteiger partial charge in [-0.25, -0.2) is 0 Å². The van der Waals surface area contributed by atoms with E-state index in [4.69, 9.17) is 9.47 Å². The van der Waals surface area contributed by atoms with Crippen LogP contribution in [0.15, 0.2) is 29.3 Å². The van der Waals surface area contributed by atoms with E-state index < -0.39 is 5.79 Å². The van der Waals surface area contributed by atoms with E-state index in [-0.39, 0.29) is 17.7 Å². The lowest BCUT2D eigenvalue weighted by atomic mass is 9.95. The second kappa shape index (κ2) is 7.31. The topological polar surface area (TPSA) is 67.9 Å². The van der Waals surface area contributed by atoms with Crippen LogP contribution < -0.4 is 14.8 Å². The number of hydrogen-bond acceptors (Lipinski definition) is 4. The van der Waals surface area contributed by atoms with Crippen LogP contribution in [0, 0.1) is 5.92 Å². The van der Waals surface area contributed by atoms with Crippen LogP contribution in [0.5, 0.6) is 11.5 Å². The number of ether oxygens (including phenoxy) is 2. The number of rotatable bonds is 4. The molecule has 3 rings (SSSR count). The Hall–Kier alpha value is -2.02. The van der Waals surface area contributed by atoms with Gasteiger partial charge in [-0.3, -0.25) is 9.59 Å². The summed E-state index contributed by atoms with van der Waals surface area (Å²) in [4.78, 5) is 25.8. The Morgan fingerprint density at radius 3 is 2.54 bits per heavy atom. The average molecular weight is 423 g/mol. The number of nitrogens with one attached hydrogen (secondary N) is 1. The van der Waals surface area contributed by atoms with Crippen molar-refractivity contribution in [1.82, 2.24) is 10.2 Å². The summed E-state index contributed by atoms with van der Waals surface area (Å²) in [6.07, 6.45) is 2.66. The van der Waals surface area contributed by atoms with Crippen molar-refractivity contribution in [3.63, 3.8) is 0 Å². The molecule has 1 saturated heterocycles. The molecular formula is C19H23BrN2O4. The molecule has 2 aliphatic heterocycles. The summed E-state index contributed by atoms with van der Waals surface area (Å²) in [5.41, 5.74) is 0.928. The number of carbonyl (C=O) groups is 2. The van der Waals surface area contributed by atoms with E-state index in [0.29, 0.717) is 44.0 Å². The maximum absolute atomic E-state index is 12.5. The normalized spacial score (nSPS) is 18.5. The molecule has 0 radical (unpaired) electrons. The molecule has 0 aliphatic carbocycles. The Kier molecular flexibility index (Phi) is 5.27. The predicted molar refractivity (Wildman–Crippen MR) is 101 cm³/mol. The Morgan fingerprint density at radius 1 is 1.31 bits per heavy atom. The fraction of sp³-hybridized carbons (Fsp3) is 0.474. The Morgan fingerprint density at radius 2 is 1.92 bits per heavy atom. The van der Waals surface area contributed by atoms with Crippen LogP contribution in [0.4, 0.5) is 0 Å². The highest BCUT2D eigenvalue weighted by Crippen LogP contribution is 2.42. The largest absolute Gasteiger partial charge is 0.449 e. The van der Waals surface area contributed by atoms with Gasteiger partial charge in [-0.2, -0.15) is 0 Å². The van der Waals surface area contributed by atoms with E-state index in [1.54, 1.807) is 4.90 Å². The van der Waals surface area contributed by atoms with Gasteiger partial charge in [0.2, 0.25) is 17.6 Å². The maximum Gasteiger partial charge on any atom is 0.246 e. The lowest BCUT2D eigenvalue weighted by molar-refractivity contribution is -0.132. The van der Waals surface area contributed by atoms with Crippen LogP contribution >= 0.6 is 15.9 Å². The van der Waals surface area contributed by atoms with Gasteiger partial charge in [-0.05, 0) is 36.6 Å². The zero-order valence-corrected chi connectivity index (χ0v) is 16.6. The third-order valence-electron chi connectivity index (χ3n) is 4.63. The summed E-state index contributed by atoms with van der Waals surface area (Å²) >= 11 is 3.52. The van der Waals surface area contributed by atoms with Crippen LogP contribution in [-0.4, -0.2) is 35.6 Å². The van der Waals surface area contributed by atoms with Crippen LogP contribution in [-0.2, 0) is 16.1 Å². The van der Waals surface area contributed by atoms with Gasteiger partial charge in [0, 0.05) is 43.9 Å². The maximum atomic E-state index is 12.5. The fourth-order valence-electron chi connectivity index (χ4n) is 3.24. The summed E-state index contributed by atoms with van der Waals surface area (Å²) in [5.74, 6) is 0.558. The molecule has 140 valence electrons. The van der Waals surface area contributed by atoms with Crippen molar-refractivity contribution < 1.29 is 19.1 Å². The van der Waals surface area contributed by atoms with E-state index >= 15 is 0 Å². The van der Waals surface area contributed by atoms with Gasteiger partial charge in [-0.1, -0.05) is 22.5 Å². The lowest BCUT2D eigenvalue weighted by Gasteiger charge is -2.30. The minimum absolute atomic E-state index is 0.0144. The highest BCUT2D eigenvalue weighted by atomic mass is 79.9. The van der Waals surface area contributed by atoms with E-state index in [9.17, 15) is 9.59 Å².